The molecule has 0 unspecified atom stereocenters. The number of hydrogen-bond acceptors (Lipinski definition) is 6. The number of amides is 1. The number of nitrogens with one attached hydrogen (secondary N) is 1. The molecule has 7 nitrogen and oxygen atoms in total. The lowest BCUT2D eigenvalue weighted by Crippen LogP contribution is -2.12. The zero-order chi connectivity index (χ0) is 22.8. The number of aryl methyl sites for hydroxylation is 1. The maximum Gasteiger partial charge on any atom is 0.255 e. The smallest absolute Gasteiger partial charge is 0.255 e. The Bertz CT molecular complexity index is 1320. The Balaban J connectivity index is 1.36. The van der Waals surface area contributed by atoms with Gasteiger partial charge in [0.1, 0.15) is 0 Å². The predicted molar refractivity (Wildman–Crippen MR) is 126 cm³/mol. The molecule has 9 heteroatoms. The van der Waals surface area contributed by atoms with Crippen LogP contribution in [0.5, 0.6) is 11.5 Å². The van der Waals surface area contributed by atoms with Crippen molar-refractivity contribution in [1.29, 1.82) is 0 Å². The van der Waals surface area contributed by atoms with Gasteiger partial charge in [-0.3, -0.25) is 4.79 Å². The minimum Gasteiger partial charge on any atom is -0.454 e. The van der Waals surface area contributed by atoms with Gasteiger partial charge in [-0.25, -0.2) is 4.68 Å². The molecule has 0 atom stereocenters. The molecular formula is C24H19ClN4O3S. The van der Waals surface area contributed by atoms with Gasteiger partial charge in [0.25, 0.3) is 5.91 Å². The second-order valence-electron chi connectivity index (χ2n) is 7.43. The number of nitrogens with zero attached hydrogens (tertiary/aromatic N) is 3. The van der Waals surface area contributed by atoms with Gasteiger partial charge in [-0.15, -0.1) is 5.10 Å². The van der Waals surface area contributed by atoms with Gasteiger partial charge < -0.3 is 14.8 Å². The normalized spacial score (nSPS) is 12.1. The Hall–Kier alpha value is -3.49. The Kier molecular flexibility index (Phi) is 5.93. The van der Waals surface area contributed by atoms with Crippen molar-refractivity contribution < 1.29 is 14.3 Å². The summed E-state index contributed by atoms with van der Waals surface area (Å²) in [5.74, 6) is 0.942. The van der Waals surface area contributed by atoms with Crippen molar-refractivity contribution >= 4 is 35.0 Å². The van der Waals surface area contributed by atoms with E-state index in [1.165, 1.54) is 17.3 Å². The molecule has 0 aliphatic carbocycles. The lowest BCUT2D eigenvalue weighted by Gasteiger charge is -2.11. The number of anilines is 1. The van der Waals surface area contributed by atoms with E-state index in [1.54, 1.807) is 22.9 Å². The van der Waals surface area contributed by atoms with E-state index in [0.717, 1.165) is 10.5 Å². The van der Waals surface area contributed by atoms with Crippen LogP contribution in [0.1, 0.15) is 21.5 Å². The van der Waals surface area contributed by atoms with Crippen LogP contribution in [0.4, 0.5) is 5.69 Å². The molecule has 1 aliphatic rings. The number of benzene rings is 3. The predicted octanol–water partition coefficient (Wildman–Crippen LogP) is 5.42. The van der Waals surface area contributed by atoms with Gasteiger partial charge in [0.2, 0.25) is 12.1 Å². The maximum absolute atomic E-state index is 12.9. The van der Waals surface area contributed by atoms with E-state index in [9.17, 15) is 4.79 Å². The largest absolute Gasteiger partial charge is 0.454 e. The number of ether oxygens (including phenoxy) is 2. The average molecular weight is 479 g/mol. The fourth-order valence-electron chi connectivity index (χ4n) is 3.34. The number of carbonyl (C=O) groups excluding carboxylic acids is 1. The summed E-state index contributed by atoms with van der Waals surface area (Å²) in [6, 6.07) is 20.9. The molecule has 1 N–H and O–H groups in total. The van der Waals surface area contributed by atoms with Crippen LogP contribution in [0.3, 0.4) is 0 Å². The maximum atomic E-state index is 12.9. The molecule has 0 spiro atoms. The highest BCUT2D eigenvalue weighted by molar-refractivity contribution is 7.99. The number of halogens is 1. The minimum absolute atomic E-state index is 0.158. The van der Waals surface area contributed by atoms with Crippen molar-refractivity contribution in [2.45, 2.75) is 23.5 Å². The van der Waals surface area contributed by atoms with Crippen LogP contribution in [0.2, 0.25) is 5.28 Å². The van der Waals surface area contributed by atoms with E-state index >= 15 is 0 Å². The number of carbonyl (C=O) groups is 1. The van der Waals surface area contributed by atoms with Gasteiger partial charge in [0.15, 0.2) is 16.7 Å². The molecule has 2 heterocycles. The molecule has 0 bridgehead atoms. The molecule has 0 radical (unpaired) electrons. The van der Waals surface area contributed by atoms with Crippen molar-refractivity contribution in [3.05, 3.63) is 88.7 Å². The third-order valence-corrected chi connectivity index (χ3v) is 6.26. The second-order valence-corrected chi connectivity index (χ2v) is 8.77. The Morgan fingerprint density at radius 2 is 1.88 bits per heavy atom. The van der Waals surface area contributed by atoms with E-state index in [2.05, 4.69) is 39.7 Å². The van der Waals surface area contributed by atoms with E-state index in [0.29, 0.717) is 34.5 Å². The molecule has 166 valence electrons. The molecule has 3 aromatic carbocycles. The standard InChI is InChI=1S/C24H19ClN4O3S/c1-15-6-8-16(9-7-15)13-29-24(27-23(25)28-29)33-21-5-3-2-4-18(21)26-22(30)17-10-11-19-20(12-17)32-14-31-19/h2-12H,13-14H2,1H3,(H,26,30). The fraction of sp³-hybridized carbons (Fsp3) is 0.125. The summed E-state index contributed by atoms with van der Waals surface area (Å²) in [7, 11) is 0. The minimum atomic E-state index is -0.250. The average Bonchev–Trinajstić information content (AvgIpc) is 3.42. The first-order valence-corrected chi connectivity index (χ1v) is 11.4. The number of aromatic nitrogens is 3. The van der Waals surface area contributed by atoms with Gasteiger partial charge in [-0.1, -0.05) is 42.0 Å². The first kappa shape index (κ1) is 21.4. The van der Waals surface area contributed by atoms with Crippen LogP contribution in [0, 0.1) is 6.92 Å². The van der Waals surface area contributed by atoms with E-state index in [-0.39, 0.29) is 18.0 Å². The lowest BCUT2D eigenvalue weighted by molar-refractivity contribution is 0.102. The molecule has 5 rings (SSSR count). The van der Waals surface area contributed by atoms with Crippen molar-refractivity contribution in [3.8, 4) is 11.5 Å². The molecule has 0 fully saturated rings. The van der Waals surface area contributed by atoms with Gasteiger partial charge in [0.05, 0.1) is 12.2 Å². The SMILES string of the molecule is Cc1ccc(Cn2nc(Cl)nc2Sc2ccccc2NC(=O)c2ccc3c(c2)OCO3)cc1. The number of hydrogen-bond donors (Lipinski definition) is 1. The molecule has 0 saturated carbocycles. The second kappa shape index (κ2) is 9.17. The lowest BCUT2D eigenvalue weighted by atomic mass is 10.1. The van der Waals surface area contributed by atoms with Crippen molar-refractivity contribution in [1.82, 2.24) is 14.8 Å². The Labute approximate surface area is 199 Å². The van der Waals surface area contributed by atoms with Crippen LogP contribution < -0.4 is 14.8 Å². The summed E-state index contributed by atoms with van der Waals surface area (Å²) in [6.45, 7) is 2.74. The fourth-order valence-corrected chi connectivity index (χ4v) is 4.47. The number of fused-ring (bicyclic) bond motifs is 1. The van der Waals surface area contributed by atoms with Gasteiger partial charge in [-0.2, -0.15) is 4.98 Å². The highest BCUT2D eigenvalue weighted by Gasteiger charge is 2.18. The van der Waals surface area contributed by atoms with E-state index < -0.39 is 0 Å². The Morgan fingerprint density at radius 1 is 1.09 bits per heavy atom. The van der Waals surface area contributed by atoms with Gasteiger partial charge in [-0.05, 0) is 66.2 Å². The molecule has 1 aliphatic heterocycles. The molecule has 0 saturated heterocycles. The third-order valence-electron chi connectivity index (χ3n) is 5.04. The first-order chi connectivity index (χ1) is 16.0. The summed E-state index contributed by atoms with van der Waals surface area (Å²) >= 11 is 7.51. The number of rotatable bonds is 6. The van der Waals surface area contributed by atoms with Crippen LogP contribution in [-0.2, 0) is 6.54 Å². The zero-order valence-corrected chi connectivity index (χ0v) is 19.2. The summed E-state index contributed by atoms with van der Waals surface area (Å²) in [5.41, 5.74) is 3.42. The highest BCUT2D eigenvalue weighted by atomic mass is 35.5. The van der Waals surface area contributed by atoms with Crippen molar-refractivity contribution in [2.24, 2.45) is 0 Å². The quantitative estimate of drug-likeness (QED) is 0.398. The van der Waals surface area contributed by atoms with Crippen LogP contribution in [-0.4, -0.2) is 27.5 Å². The summed E-state index contributed by atoms with van der Waals surface area (Å²) in [5, 5.41) is 8.11. The third kappa shape index (κ3) is 4.81. The number of para-hydroxylation sites is 1. The molecule has 1 amide bonds. The summed E-state index contributed by atoms with van der Waals surface area (Å²) in [4.78, 5) is 18.1. The molecule has 1 aromatic heterocycles. The molecule has 4 aromatic rings. The zero-order valence-electron chi connectivity index (χ0n) is 17.6. The van der Waals surface area contributed by atoms with E-state index in [1.807, 2.05) is 31.2 Å². The van der Waals surface area contributed by atoms with Crippen molar-refractivity contribution in [3.63, 3.8) is 0 Å². The van der Waals surface area contributed by atoms with Crippen LogP contribution >= 0.6 is 23.4 Å². The van der Waals surface area contributed by atoms with Crippen LogP contribution in [0.15, 0.2) is 76.8 Å². The molecular weight excluding hydrogens is 460 g/mol. The highest BCUT2D eigenvalue weighted by Crippen LogP contribution is 2.35. The Morgan fingerprint density at radius 3 is 2.73 bits per heavy atom. The van der Waals surface area contributed by atoms with Gasteiger partial charge >= 0.3 is 0 Å². The molecule has 33 heavy (non-hydrogen) atoms. The summed E-state index contributed by atoms with van der Waals surface area (Å²) < 4.78 is 12.4. The van der Waals surface area contributed by atoms with Crippen LogP contribution in [0.25, 0.3) is 0 Å². The first-order valence-electron chi connectivity index (χ1n) is 10.2. The monoisotopic (exact) mass is 478 g/mol. The van der Waals surface area contributed by atoms with E-state index in [4.69, 9.17) is 21.1 Å². The topological polar surface area (TPSA) is 78.3 Å². The summed E-state index contributed by atoms with van der Waals surface area (Å²) in [6.07, 6.45) is 0. The van der Waals surface area contributed by atoms with Gasteiger partial charge in [0, 0.05) is 10.5 Å². The van der Waals surface area contributed by atoms with Crippen molar-refractivity contribution in [2.75, 3.05) is 12.1 Å².